The van der Waals surface area contributed by atoms with Crippen LogP contribution in [-0.4, -0.2) is 42.9 Å². The summed E-state index contributed by atoms with van der Waals surface area (Å²) in [5.74, 6) is 1.61. The molecule has 1 aliphatic carbocycles. The molecule has 1 aromatic rings. The van der Waals surface area contributed by atoms with Crippen molar-refractivity contribution in [1.82, 2.24) is 4.90 Å². The Balaban J connectivity index is 1.66. The highest BCUT2D eigenvalue weighted by molar-refractivity contribution is 5.27. The SMILES string of the molecule is CN(CC(O)COc1ccc(CN)cc1)CC1CCC1. The van der Waals surface area contributed by atoms with Gasteiger partial charge in [0.25, 0.3) is 0 Å². The Morgan fingerprint density at radius 1 is 1.35 bits per heavy atom. The first-order valence-electron chi connectivity index (χ1n) is 7.46. The van der Waals surface area contributed by atoms with Crippen molar-refractivity contribution in [3.63, 3.8) is 0 Å². The van der Waals surface area contributed by atoms with E-state index in [1.54, 1.807) is 0 Å². The van der Waals surface area contributed by atoms with E-state index < -0.39 is 6.10 Å². The quantitative estimate of drug-likeness (QED) is 0.758. The van der Waals surface area contributed by atoms with E-state index in [-0.39, 0.29) is 0 Å². The molecule has 0 amide bonds. The molecule has 4 nitrogen and oxygen atoms in total. The number of nitrogens with two attached hydrogens (primary N) is 1. The minimum Gasteiger partial charge on any atom is -0.491 e. The average Bonchev–Trinajstić information content (AvgIpc) is 2.41. The summed E-state index contributed by atoms with van der Waals surface area (Å²) < 4.78 is 5.60. The number of aliphatic hydroxyl groups excluding tert-OH is 1. The van der Waals surface area contributed by atoms with Crippen molar-refractivity contribution in [3.8, 4) is 5.75 Å². The minimum absolute atomic E-state index is 0.330. The van der Waals surface area contributed by atoms with E-state index in [9.17, 15) is 5.11 Å². The molecule has 2 rings (SSSR count). The third-order valence-electron chi connectivity index (χ3n) is 3.92. The fourth-order valence-electron chi connectivity index (χ4n) is 2.52. The highest BCUT2D eigenvalue weighted by atomic mass is 16.5. The van der Waals surface area contributed by atoms with Crippen LogP contribution in [-0.2, 0) is 6.54 Å². The second-order valence-electron chi connectivity index (χ2n) is 5.83. The van der Waals surface area contributed by atoms with Crippen LogP contribution in [0.25, 0.3) is 0 Å². The van der Waals surface area contributed by atoms with Gasteiger partial charge in [-0.25, -0.2) is 0 Å². The van der Waals surface area contributed by atoms with E-state index in [0.717, 1.165) is 23.8 Å². The van der Waals surface area contributed by atoms with E-state index in [2.05, 4.69) is 11.9 Å². The summed E-state index contributed by atoms with van der Waals surface area (Å²) in [5.41, 5.74) is 6.63. The molecule has 1 aromatic carbocycles. The van der Waals surface area contributed by atoms with Crippen LogP contribution in [0.4, 0.5) is 0 Å². The molecule has 0 saturated heterocycles. The lowest BCUT2D eigenvalue weighted by molar-refractivity contribution is 0.0665. The molecule has 0 bridgehead atoms. The highest BCUT2D eigenvalue weighted by Gasteiger charge is 2.20. The first kappa shape index (κ1) is 15.3. The normalized spacial score (nSPS) is 17.0. The van der Waals surface area contributed by atoms with Crippen LogP contribution in [0.15, 0.2) is 24.3 Å². The van der Waals surface area contributed by atoms with Crippen molar-refractivity contribution in [2.24, 2.45) is 11.7 Å². The lowest BCUT2D eigenvalue weighted by atomic mass is 9.85. The molecule has 0 heterocycles. The summed E-state index contributed by atoms with van der Waals surface area (Å²) in [4.78, 5) is 2.20. The van der Waals surface area contributed by atoms with Crippen LogP contribution in [0.1, 0.15) is 24.8 Å². The third kappa shape index (κ3) is 4.78. The van der Waals surface area contributed by atoms with Gasteiger partial charge in [-0.05, 0) is 43.5 Å². The monoisotopic (exact) mass is 278 g/mol. The van der Waals surface area contributed by atoms with Gasteiger partial charge in [0.15, 0.2) is 0 Å². The van der Waals surface area contributed by atoms with Crippen molar-refractivity contribution in [3.05, 3.63) is 29.8 Å². The first-order valence-corrected chi connectivity index (χ1v) is 7.46. The molecule has 1 saturated carbocycles. The maximum atomic E-state index is 10.00. The summed E-state index contributed by atoms with van der Waals surface area (Å²) in [7, 11) is 2.07. The largest absolute Gasteiger partial charge is 0.491 e. The molecular formula is C16H26N2O2. The maximum absolute atomic E-state index is 10.00. The molecule has 112 valence electrons. The fourth-order valence-corrected chi connectivity index (χ4v) is 2.52. The molecule has 1 aliphatic rings. The van der Waals surface area contributed by atoms with Gasteiger partial charge in [0.2, 0.25) is 0 Å². The number of nitrogens with zero attached hydrogens (tertiary/aromatic N) is 1. The van der Waals surface area contributed by atoms with Crippen LogP contribution in [0.2, 0.25) is 0 Å². The van der Waals surface area contributed by atoms with Gasteiger partial charge in [-0.3, -0.25) is 0 Å². The zero-order chi connectivity index (χ0) is 14.4. The van der Waals surface area contributed by atoms with Gasteiger partial charge >= 0.3 is 0 Å². The number of likely N-dealkylation sites (N-methyl/N-ethyl adjacent to an activating group) is 1. The zero-order valence-corrected chi connectivity index (χ0v) is 12.3. The van der Waals surface area contributed by atoms with Crippen LogP contribution in [0.5, 0.6) is 5.75 Å². The Hall–Kier alpha value is -1.10. The highest BCUT2D eigenvalue weighted by Crippen LogP contribution is 2.26. The first-order chi connectivity index (χ1) is 9.67. The standard InChI is InChI=1S/C16H26N2O2/c1-18(10-14-3-2-4-14)11-15(19)12-20-16-7-5-13(9-17)6-8-16/h5-8,14-15,19H,2-4,9-12,17H2,1H3. The number of hydrogen-bond donors (Lipinski definition) is 2. The van der Waals surface area contributed by atoms with Gasteiger partial charge in [-0.15, -0.1) is 0 Å². The number of hydrogen-bond acceptors (Lipinski definition) is 4. The van der Waals surface area contributed by atoms with Crippen LogP contribution in [0, 0.1) is 5.92 Å². The van der Waals surface area contributed by atoms with Gasteiger partial charge < -0.3 is 20.5 Å². The molecule has 0 spiro atoms. The number of aliphatic hydroxyl groups is 1. The summed E-state index contributed by atoms with van der Waals surface area (Å²) in [5, 5.41) is 10.00. The molecule has 3 N–H and O–H groups in total. The van der Waals surface area contributed by atoms with Crippen molar-refractivity contribution in [2.45, 2.75) is 31.9 Å². The Kier molecular flexibility index (Phi) is 5.83. The van der Waals surface area contributed by atoms with E-state index in [0.29, 0.717) is 19.7 Å². The number of rotatable bonds is 8. The second-order valence-corrected chi connectivity index (χ2v) is 5.83. The number of benzene rings is 1. The van der Waals surface area contributed by atoms with E-state index in [1.807, 2.05) is 24.3 Å². The summed E-state index contributed by atoms with van der Waals surface area (Å²) in [6, 6.07) is 7.69. The van der Waals surface area contributed by atoms with Gasteiger partial charge in [0.1, 0.15) is 18.5 Å². The third-order valence-corrected chi connectivity index (χ3v) is 3.92. The fraction of sp³-hybridized carbons (Fsp3) is 0.625. The molecule has 1 unspecified atom stereocenters. The number of ether oxygens (including phenoxy) is 1. The van der Waals surface area contributed by atoms with Gasteiger partial charge in [-0.1, -0.05) is 18.6 Å². The summed E-state index contributed by atoms with van der Waals surface area (Å²) in [6.45, 7) is 2.62. The summed E-state index contributed by atoms with van der Waals surface area (Å²) >= 11 is 0. The van der Waals surface area contributed by atoms with E-state index >= 15 is 0 Å². The van der Waals surface area contributed by atoms with Crippen LogP contribution < -0.4 is 10.5 Å². The molecule has 1 atom stereocenters. The van der Waals surface area contributed by atoms with Crippen molar-refractivity contribution in [1.29, 1.82) is 0 Å². The summed E-state index contributed by atoms with van der Waals surface area (Å²) in [6.07, 6.45) is 3.59. The minimum atomic E-state index is -0.450. The Labute approximate surface area is 121 Å². The topological polar surface area (TPSA) is 58.7 Å². The smallest absolute Gasteiger partial charge is 0.119 e. The van der Waals surface area contributed by atoms with Crippen molar-refractivity contribution >= 4 is 0 Å². The van der Waals surface area contributed by atoms with Crippen LogP contribution >= 0.6 is 0 Å². The lowest BCUT2D eigenvalue weighted by Gasteiger charge is -2.31. The molecule has 4 heteroatoms. The van der Waals surface area contributed by atoms with Gasteiger partial charge in [0.05, 0.1) is 0 Å². The molecular weight excluding hydrogens is 252 g/mol. The second kappa shape index (κ2) is 7.62. The molecule has 0 aromatic heterocycles. The maximum Gasteiger partial charge on any atom is 0.119 e. The molecule has 0 radical (unpaired) electrons. The molecule has 1 fully saturated rings. The predicted octanol–water partition coefficient (Wildman–Crippen LogP) is 1.62. The van der Waals surface area contributed by atoms with Crippen LogP contribution in [0.3, 0.4) is 0 Å². The average molecular weight is 278 g/mol. The van der Waals surface area contributed by atoms with Gasteiger partial charge in [-0.2, -0.15) is 0 Å². The zero-order valence-electron chi connectivity index (χ0n) is 12.3. The van der Waals surface area contributed by atoms with E-state index in [1.165, 1.54) is 19.3 Å². The van der Waals surface area contributed by atoms with E-state index in [4.69, 9.17) is 10.5 Å². The Morgan fingerprint density at radius 2 is 2.05 bits per heavy atom. The lowest BCUT2D eigenvalue weighted by Crippen LogP contribution is -2.37. The molecule has 0 aliphatic heterocycles. The predicted molar refractivity (Wildman–Crippen MR) is 80.7 cm³/mol. The molecule has 20 heavy (non-hydrogen) atoms. The Morgan fingerprint density at radius 3 is 2.60 bits per heavy atom. The van der Waals surface area contributed by atoms with Gasteiger partial charge in [0, 0.05) is 19.6 Å². The van der Waals surface area contributed by atoms with Crippen molar-refractivity contribution < 1.29 is 9.84 Å². The van der Waals surface area contributed by atoms with Crippen molar-refractivity contribution in [2.75, 3.05) is 26.7 Å². The Bertz CT molecular complexity index is 390.